The quantitative estimate of drug-likeness (QED) is 0.745. The van der Waals surface area contributed by atoms with Crippen molar-refractivity contribution in [2.75, 3.05) is 19.3 Å². The molecule has 0 spiro atoms. The van der Waals surface area contributed by atoms with Crippen molar-refractivity contribution in [3.63, 3.8) is 0 Å². The van der Waals surface area contributed by atoms with Crippen molar-refractivity contribution in [1.29, 1.82) is 0 Å². The van der Waals surface area contributed by atoms with Crippen LogP contribution in [0.3, 0.4) is 0 Å². The van der Waals surface area contributed by atoms with Crippen molar-refractivity contribution in [2.45, 2.75) is 19.4 Å². The Morgan fingerprint density at radius 3 is 2.41 bits per heavy atom. The molecule has 2 N–H and O–H groups in total. The zero-order chi connectivity index (χ0) is 12.7. The summed E-state index contributed by atoms with van der Waals surface area (Å²) in [4.78, 5) is 0. The van der Waals surface area contributed by atoms with Crippen LogP contribution in [0.2, 0.25) is 0 Å². The molecule has 0 unspecified atom stereocenters. The van der Waals surface area contributed by atoms with Gasteiger partial charge in [-0.05, 0) is 24.9 Å². The number of nitrogens with zero attached hydrogens (tertiary/aromatic N) is 1. The molecule has 5 heteroatoms. The third-order valence-electron chi connectivity index (χ3n) is 2.58. The molecule has 0 radical (unpaired) electrons. The van der Waals surface area contributed by atoms with E-state index in [0.29, 0.717) is 19.5 Å². The van der Waals surface area contributed by atoms with Crippen molar-refractivity contribution in [2.24, 2.45) is 5.73 Å². The first kappa shape index (κ1) is 14.2. The molecule has 1 aromatic rings. The summed E-state index contributed by atoms with van der Waals surface area (Å²) in [6.07, 6.45) is 1.37. The van der Waals surface area contributed by atoms with Gasteiger partial charge in [0.2, 0.25) is 10.0 Å². The fourth-order valence-corrected chi connectivity index (χ4v) is 2.75. The van der Waals surface area contributed by atoms with Crippen LogP contribution in [0.15, 0.2) is 30.3 Å². The van der Waals surface area contributed by atoms with Crippen molar-refractivity contribution < 1.29 is 8.42 Å². The second-order valence-electron chi connectivity index (χ2n) is 4.05. The molecule has 0 aromatic heterocycles. The Kier molecular flexibility index (Phi) is 5.61. The molecule has 0 aliphatic carbocycles. The van der Waals surface area contributed by atoms with Crippen molar-refractivity contribution >= 4 is 10.0 Å². The van der Waals surface area contributed by atoms with Crippen molar-refractivity contribution in [3.8, 4) is 0 Å². The second kappa shape index (κ2) is 6.74. The predicted octanol–water partition coefficient (Wildman–Crippen LogP) is 1.19. The lowest BCUT2D eigenvalue weighted by molar-refractivity contribution is 0.464. The summed E-state index contributed by atoms with van der Waals surface area (Å²) in [6.45, 7) is 0.962. The van der Waals surface area contributed by atoms with Gasteiger partial charge in [-0.15, -0.1) is 0 Å². The van der Waals surface area contributed by atoms with Crippen LogP contribution in [0.4, 0.5) is 0 Å². The summed E-state index contributed by atoms with van der Waals surface area (Å²) < 4.78 is 25.2. The Hall–Kier alpha value is -0.910. The van der Waals surface area contributed by atoms with Gasteiger partial charge in [0, 0.05) is 13.6 Å². The van der Waals surface area contributed by atoms with E-state index in [4.69, 9.17) is 5.73 Å². The molecule has 0 aliphatic heterocycles. The summed E-state index contributed by atoms with van der Waals surface area (Å²) >= 11 is 0. The Morgan fingerprint density at radius 2 is 1.82 bits per heavy atom. The van der Waals surface area contributed by atoms with Crippen LogP contribution in [0.5, 0.6) is 0 Å². The first-order valence-electron chi connectivity index (χ1n) is 5.74. The molecule has 0 fully saturated rings. The summed E-state index contributed by atoms with van der Waals surface area (Å²) in [7, 11) is -1.54. The number of hydrogen-bond acceptors (Lipinski definition) is 3. The van der Waals surface area contributed by atoms with Crippen molar-refractivity contribution in [3.05, 3.63) is 35.9 Å². The fraction of sp³-hybridized carbons (Fsp3) is 0.500. The highest BCUT2D eigenvalue weighted by atomic mass is 32.2. The lowest BCUT2D eigenvalue weighted by atomic mass is 10.2. The second-order valence-corrected chi connectivity index (χ2v) is 6.25. The van der Waals surface area contributed by atoms with E-state index in [0.717, 1.165) is 12.0 Å². The minimum atomic E-state index is -3.15. The van der Waals surface area contributed by atoms with Crippen LogP contribution in [-0.2, 0) is 16.6 Å². The van der Waals surface area contributed by atoms with Crippen LogP contribution in [0.1, 0.15) is 18.4 Å². The minimum Gasteiger partial charge on any atom is -0.330 e. The largest absolute Gasteiger partial charge is 0.330 e. The van der Waals surface area contributed by atoms with Crippen LogP contribution in [0, 0.1) is 0 Å². The molecular weight excluding hydrogens is 236 g/mol. The van der Waals surface area contributed by atoms with Crippen LogP contribution in [0.25, 0.3) is 0 Å². The van der Waals surface area contributed by atoms with Gasteiger partial charge in [0.1, 0.15) is 0 Å². The molecule has 0 saturated heterocycles. The number of hydrogen-bond donors (Lipinski definition) is 1. The zero-order valence-electron chi connectivity index (χ0n) is 10.2. The Balaban J connectivity index is 2.54. The summed E-state index contributed by atoms with van der Waals surface area (Å²) in [5, 5.41) is 0. The van der Waals surface area contributed by atoms with Gasteiger partial charge in [-0.1, -0.05) is 30.3 Å². The van der Waals surface area contributed by atoms with Gasteiger partial charge in [-0.25, -0.2) is 12.7 Å². The van der Waals surface area contributed by atoms with E-state index < -0.39 is 10.0 Å². The maximum atomic E-state index is 11.9. The maximum Gasteiger partial charge on any atom is 0.214 e. The highest BCUT2D eigenvalue weighted by molar-refractivity contribution is 7.89. The molecule has 17 heavy (non-hydrogen) atoms. The maximum absolute atomic E-state index is 11.9. The molecule has 0 aliphatic rings. The zero-order valence-corrected chi connectivity index (χ0v) is 11.0. The Labute approximate surface area is 103 Å². The van der Waals surface area contributed by atoms with Gasteiger partial charge in [-0.2, -0.15) is 0 Å². The van der Waals surface area contributed by atoms with Gasteiger partial charge < -0.3 is 5.73 Å². The molecule has 0 bridgehead atoms. The molecular formula is C12H20N2O2S. The summed E-state index contributed by atoms with van der Waals surface area (Å²) in [5.41, 5.74) is 6.35. The van der Waals surface area contributed by atoms with Gasteiger partial charge >= 0.3 is 0 Å². The van der Waals surface area contributed by atoms with Gasteiger partial charge in [0.15, 0.2) is 0 Å². The topological polar surface area (TPSA) is 63.4 Å². The van der Waals surface area contributed by atoms with Gasteiger partial charge in [-0.3, -0.25) is 0 Å². The molecule has 0 amide bonds. The normalized spacial score (nSPS) is 11.9. The number of nitrogens with two attached hydrogens (primary N) is 1. The van der Waals surface area contributed by atoms with E-state index in [-0.39, 0.29) is 5.75 Å². The van der Waals surface area contributed by atoms with E-state index in [1.807, 2.05) is 30.3 Å². The molecule has 1 aromatic carbocycles. The van der Waals surface area contributed by atoms with Gasteiger partial charge in [0.25, 0.3) is 0 Å². The van der Waals surface area contributed by atoms with Crippen LogP contribution in [-0.4, -0.2) is 32.1 Å². The number of unbranched alkanes of at least 4 members (excludes halogenated alkanes) is 1. The fourth-order valence-electron chi connectivity index (χ4n) is 1.52. The number of rotatable bonds is 7. The monoisotopic (exact) mass is 256 g/mol. The molecule has 96 valence electrons. The molecule has 4 nitrogen and oxygen atoms in total. The first-order chi connectivity index (χ1) is 8.06. The van der Waals surface area contributed by atoms with Crippen LogP contribution < -0.4 is 5.73 Å². The Bertz CT molecular complexity index is 417. The molecule has 0 heterocycles. The van der Waals surface area contributed by atoms with E-state index in [2.05, 4.69) is 0 Å². The van der Waals surface area contributed by atoms with Gasteiger partial charge in [0.05, 0.1) is 5.75 Å². The van der Waals surface area contributed by atoms with E-state index in [1.165, 1.54) is 4.31 Å². The third kappa shape index (κ3) is 4.85. The Morgan fingerprint density at radius 1 is 1.18 bits per heavy atom. The molecule has 0 saturated carbocycles. The SMILES string of the molecule is CN(Cc1ccccc1)S(=O)(=O)CCCCN. The van der Waals surface area contributed by atoms with Crippen LogP contribution >= 0.6 is 0 Å². The predicted molar refractivity (Wildman–Crippen MR) is 70.0 cm³/mol. The van der Waals surface area contributed by atoms with Crippen molar-refractivity contribution in [1.82, 2.24) is 4.31 Å². The standard InChI is InChI=1S/C12H20N2O2S/c1-14(11-12-7-3-2-4-8-12)17(15,16)10-6-5-9-13/h2-4,7-8H,5-6,9-11,13H2,1H3. The average molecular weight is 256 g/mol. The number of sulfonamides is 1. The smallest absolute Gasteiger partial charge is 0.214 e. The molecule has 0 atom stereocenters. The minimum absolute atomic E-state index is 0.174. The average Bonchev–Trinajstić information content (AvgIpc) is 2.30. The lowest BCUT2D eigenvalue weighted by Gasteiger charge is -2.17. The van der Waals surface area contributed by atoms with E-state index in [9.17, 15) is 8.42 Å². The highest BCUT2D eigenvalue weighted by Crippen LogP contribution is 2.08. The van der Waals surface area contributed by atoms with E-state index >= 15 is 0 Å². The molecule has 1 rings (SSSR count). The summed E-state index contributed by atoms with van der Waals surface area (Å²) in [6, 6.07) is 9.57. The first-order valence-corrected chi connectivity index (χ1v) is 7.35. The number of benzene rings is 1. The highest BCUT2D eigenvalue weighted by Gasteiger charge is 2.17. The third-order valence-corrected chi connectivity index (χ3v) is 4.46. The summed E-state index contributed by atoms with van der Waals surface area (Å²) in [5.74, 6) is 0.174. The lowest BCUT2D eigenvalue weighted by Crippen LogP contribution is -2.29. The van der Waals surface area contributed by atoms with E-state index in [1.54, 1.807) is 7.05 Å².